The van der Waals surface area contributed by atoms with E-state index in [1.807, 2.05) is 0 Å². The van der Waals surface area contributed by atoms with Crippen LogP contribution in [-0.4, -0.2) is 73.4 Å². The molecule has 2 unspecified atom stereocenters. The smallest absolute Gasteiger partial charge is 0.0584 e. The van der Waals surface area contributed by atoms with Crippen molar-refractivity contribution in [2.24, 2.45) is 5.41 Å². The van der Waals surface area contributed by atoms with E-state index >= 15 is 0 Å². The van der Waals surface area contributed by atoms with E-state index in [9.17, 15) is 5.11 Å². The van der Waals surface area contributed by atoms with Crippen molar-refractivity contribution in [1.29, 1.82) is 0 Å². The maximum atomic E-state index is 9.25. The summed E-state index contributed by atoms with van der Waals surface area (Å²) in [4.78, 5) is 5.05. The first kappa shape index (κ1) is 14.3. The summed E-state index contributed by atoms with van der Waals surface area (Å²) in [6, 6.07) is 0.314. The molecule has 2 saturated heterocycles. The lowest BCUT2D eigenvalue weighted by molar-refractivity contribution is 0.131. The molecular formula is C14H29N3O. The molecule has 0 aliphatic carbocycles. The van der Waals surface area contributed by atoms with Crippen LogP contribution >= 0.6 is 0 Å². The summed E-state index contributed by atoms with van der Waals surface area (Å²) < 4.78 is 0. The van der Waals surface area contributed by atoms with Gasteiger partial charge in [-0.15, -0.1) is 0 Å². The number of aliphatic hydroxyl groups is 1. The molecule has 2 aliphatic rings. The van der Waals surface area contributed by atoms with E-state index < -0.39 is 0 Å². The van der Waals surface area contributed by atoms with Crippen molar-refractivity contribution >= 4 is 0 Å². The molecule has 0 saturated carbocycles. The standard InChI is InChI=1S/C14H29N3O/c1-13(10-18)17-7-3-6-16(8-9-17)12-14(2)4-5-15-11-14/h13,15,18H,3-12H2,1-2H3. The molecule has 0 bridgehead atoms. The lowest BCUT2D eigenvalue weighted by atomic mass is 9.89. The van der Waals surface area contributed by atoms with Gasteiger partial charge in [-0.05, 0) is 44.8 Å². The second kappa shape index (κ2) is 6.33. The zero-order valence-electron chi connectivity index (χ0n) is 12.0. The third-order valence-corrected chi connectivity index (χ3v) is 4.57. The summed E-state index contributed by atoms with van der Waals surface area (Å²) in [7, 11) is 0. The Labute approximate surface area is 111 Å². The predicted octanol–water partition coefficient (Wildman–Crippen LogP) is 0.375. The molecule has 4 nitrogen and oxygen atoms in total. The third kappa shape index (κ3) is 3.67. The molecule has 18 heavy (non-hydrogen) atoms. The van der Waals surface area contributed by atoms with E-state index in [0.29, 0.717) is 11.5 Å². The van der Waals surface area contributed by atoms with Crippen molar-refractivity contribution in [3.8, 4) is 0 Å². The van der Waals surface area contributed by atoms with Crippen LogP contribution in [0, 0.1) is 5.41 Å². The fourth-order valence-electron chi connectivity index (χ4n) is 3.25. The van der Waals surface area contributed by atoms with E-state index in [1.165, 1.54) is 39.0 Å². The normalized spacial score (nSPS) is 33.5. The summed E-state index contributed by atoms with van der Waals surface area (Å²) in [5.41, 5.74) is 0.470. The van der Waals surface area contributed by atoms with Crippen LogP contribution in [0.15, 0.2) is 0 Å². The van der Waals surface area contributed by atoms with Gasteiger partial charge in [0, 0.05) is 32.2 Å². The summed E-state index contributed by atoms with van der Waals surface area (Å²) in [5.74, 6) is 0. The van der Waals surface area contributed by atoms with Crippen LogP contribution in [-0.2, 0) is 0 Å². The van der Waals surface area contributed by atoms with Gasteiger partial charge >= 0.3 is 0 Å². The number of hydrogen-bond donors (Lipinski definition) is 2. The summed E-state index contributed by atoms with van der Waals surface area (Å²) in [5, 5.41) is 12.7. The van der Waals surface area contributed by atoms with Gasteiger partial charge in [-0.1, -0.05) is 6.92 Å². The zero-order chi connectivity index (χ0) is 13.0. The molecule has 0 aromatic rings. The summed E-state index contributed by atoms with van der Waals surface area (Å²) in [6.45, 7) is 13.0. The van der Waals surface area contributed by atoms with Crippen molar-refractivity contribution in [3.63, 3.8) is 0 Å². The molecule has 0 amide bonds. The first-order valence-corrected chi connectivity index (χ1v) is 7.41. The zero-order valence-corrected chi connectivity index (χ0v) is 12.0. The third-order valence-electron chi connectivity index (χ3n) is 4.57. The Hall–Kier alpha value is -0.160. The number of nitrogens with one attached hydrogen (secondary N) is 1. The maximum absolute atomic E-state index is 9.25. The van der Waals surface area contributed by atoms with E-state index in [2.05, 4.69) is 29.0 Å². The molecule has 2 heterocycles. The second-order valence-corrected chi connectivity index (χ2v) is 6.43. The van der Waals surface area contributed by atoms with Gasteiger partial charge in [-0.3, -0.25) is 4.90 Å². The number of rotatable bonds is 4. The minimum atomic E-state index is 0.279. The fourth-order valence-corrected chi connectivity index (χ4v) is 3.25. The van der Waals surface area contributed by atoms with Gasteiger partial charge in [-0.2, -0.15) is 0 Å². The molecule has 2 atom stereocenters. The van der Waals surface area contributed by atoms with Gasteiger partial charge in [0.2, 0.25) is 0 Å². The van der Waals surface area contributed by atoms with E-state index in [1.54, 1.807) is 0 Å². The molecule has 2 aliphatic heterocycles. The molecule has 0 aromatic heterocycles. The Bertz CT molecular complexity index is 253. The predicted molar refractivity (Wildman–Crippen MR) is 74.8 cm³/mol. The molecule has 0 spiro atoms. The summed E-state index contributed by atoms with van der Waals surface area (Å²) in [6.07, 6.45) is 2.54. The van der Waals surface area contributed by atoms with Crippen molar-refractivity contribution in [2.75, 3.05) is 52.4 Å². The molecule has 4 heteroatoms. The quantitative estimate of drug-likeness (QED) is 0.761. The lowest BCUT2D eigenvalue weighted by Gasteiger charge is -2.31. The SMILES string of the molecule is CC(CO)N1CCCN(CC2(C)CCNC2)CC1. The second-order valence-electron chi connectivity index (χ2n) is 6.43. The van der Waals surface area contributed by atoms with Gasteiger partial charge in [0.25, 0.3) is 0 Å². The van der Waals surface area contributed by atoms with Crippen molar-refractivity contribution in [3.05, 3.63) is 0 Å². The van der Waals surface area contributed by atoms with Gasteiger partial charge in [0.05, 0.1) is 6.61 Å². The fraction of sp³-hybridized carbons (Fsp3) is 1.00. The highest BCUT2D eigenvalue weighted by molar-refractivity contribution is 4.87. The largest absolute Gasteiger partial charge is 0.395 e. The van der Waals surface area contributed by atoms with Crippen LogP contribution in [0.1, 0.15) is 26.7 Å². The lowest BCUT2D eigenvalue weighted by Crippen LogP contribution is -2.41. The average Bonchev–Trinajstić information content (AvgIpc) is 2.65. The Kier molecular flexibility index (Phi) is 5.01. The Morgan fingerprint density at radius 2 is 2.11 bits per heavy atom. The average molecular weight is 255 g/mol. The molecular weight excluding hydrogens is 226 g/mol. The number of nitrogens with zero attached hydrogens (tertiary/aromatic N) is 2. The van der Waals surface area contributed by atoms with Gasteiger partial charge in [-0.25, -0.2) is 0 Å². The van der Waals surface area contributed by atoms with E-state index in [4.69, 9.17) is 0 Å². The Balaban J connectivity index is 1.81. The molecule has 106 valence electrons. The Morgan fingerprint density at radius 3 is 2.78 bits per heavy atom. The number of aliphatic hydroxyl groups excluding tert-OH is 1. The van der Waals surface area contributed by atoms with Crippen LogP contribution in [0.3, 0.4) is 0 Å². The van der Waals surface area contributed by atoms with E-state index in [0.717, 1.165) is 19.6 Å². The van der Waals surface area contributed by atoms with Crippen LogP contribution in [0.5, 0.6) is 0 Å². The topological polar surface area (TPSA) is 38.7 Å². The first-order valence-electron chi connectivity index (χ1n) is 7.41. The molecule has 2 N–H and O–H groups in total. The highest BCUT2D eigenvalue weighted by Crippen LogP contribution is 2.26. The van der Waals surface area contributed by atoms with Crippen LogP contribution in [0.2, 0.25) is 0 Å². The maximum Gasteiger partial charge on any atom is 0.0584 e. The highest BCUT2D eigenvalue weighted by Gasteiger charge is 2.31. The Morgan fingerprint density at radius 1 is 1.28 bits per heavy atom. The van der Waals surface area contributed by atoms with Gasteiger partial charge < -0.3 is 15.3 Å². The molecule has 2 fully saturated rings. The van der Waals surface area contributed by atoms with E-state index in [-0.39, 0.29) is 6.61 Å². The molecule has 0 radical (unpaired) electrons. The van der Waals surface area contributed by atoms with Crippen molar-refractivity contribution in [1.82, 2.24) is 15.1 Å². The van der Waals surface area contributed by atoms with Gasteiger partial charge in [0.15, 0.2) is 0 Å². The monoisotopic (exact) mass is 255 g/mol. The van der Waals surface area contributed by atoms with Crippen LogP contribution in [0.4, 0.5) is 0 Å². The van der Waals surface area contributed by atoms with Gasteiger partial charge in [0.1, 0.15) is 0 Å². The molecule has 0 aromatic carbocycles. The van der Waals surface area contributed by atoms with Crippen molar-refractivity contribution < 1.29 is 5.11 Å². The summed E-state index contributed by atoms with van der Waals surface area (Å²) >= 11 is 0. The van der Waals surface area contributed by atoms with Crippen LogP contribution in [0.25, 0.3) is 0 Å². The van der Waals surface area contributed by atoms with Crippen LogP contribution < -0.4 is 5.32 Å². The minimum absolute atomic E-state index is 0.279. The first-order chi connectivity index (χ1) is 8.63. The number of hydrogen-bond acceptors (Lipinski definition) is 4. The molecule has 2 rings (SSSR count). The highest BCUT2D eigenvalue weighted by atomic mass is 16.3. The van der Waals surface area contributed by atoms with Crippen molar-refractivity contribution in [2.45, 2.75) is 32.7 Å². The minimum Gasteiger partial charge on any atom is -0.395 e.